The molecule has 0 atom stereocenters. The lowest BCUT2D eigenvalue weighted by Crippen LogP contribution is -2.27. The fourth-order valence-corrected chi connectivity index (χ4v) is 3.45. The molecule has 3 aromatic rings. The SMILES string of the molecule is CC.CC(C)(Sc1ccncc1-n1cc(C#N)c2ccccc21)C(=O)O. The fourth-order valence-electron chi connectivity index (χ4n) is 2.43. The van der Waals surface area contributed by atoms with Crippen molar-refractivity contribution >= 4 is 28.6 Å². The van der Waals surface area contributed by atoms with Crippen LogP contribution in [0.3, 0.4) is 0 Å². The van der Waals surface area contributed by atoms with Crippen LogP contribution < -0.4 is 0 Å². The first-order valence-electron chi connectivity index (χ1n) is 8.31. The number of rotatable bonds is 4. The van der Waals surface area contributed by atoms with E-state index in [1.165, 1.54) is 11.8 Å². The summed E-state index contributed by atoms with van der Waals surface area (Å²) in [5.74, 6) is -0.884. The molecule has 0 bridgehead atoms. The van der Waals surface area contributed by atoms with Gasteiger partial charge in [0.05, 0.1) is 23.0 Å². The summed E-state index contributed by atoms with van der Waals surface area (Å²) in [6, 6.07) is 11.6. The predicted octanol–water partition coefficient (Wildman–Crippen LogP) is 4.88. The second-order valence-electron chi connectivity index (χ2n) is 5.80. The van der Waals surface area contributed by atoms with Crippen molar-refractivity contribution in [1.29, 1.82) is 5.26 Å². The van der Waals surface area contributed by atoms with E-state index in [1.807, 2.05) is 42.7 Å². The minimum absolute atomic E-state index is 0.572. The lowest BCUT2D eigenvalue weighted by molar-refractivity contribution is -0.138. The summed E-state index contributed by atoms with van der Waals surface area (Å²) in [7, 11) is 0. The zero-order valence-corrected chi connectivity index (χ0v) is 16.0. The Labute approximate surface area is 157 Å². The molecule has 3 rings (SSSR count). The van der Waals surface area contributed by atoms with Crippen molar-refractivity contribution in [2.75, 3.05) is 0 Å². The van der Waals surface area contributed by atoms with Gasteiger partial charge >= 0.3 is 5.97 Å². The summed E-state index contributed by atoms with van der Waals surface area (Å²) in [6.45, 7) is 7.33. The topological polar surface area (TPSA) is 78.9 Å². The average Bonchev–Trinajstić information content (AvgIpc) is 3.02. The van der Waals surface area contributed by atoms with E-state index in [1.54, 1.807) is 38.5 Å². The van der Waals surface area contributed by atoms with E-state index >= 15 is 0 Å². The third kappa shape index (κ3) is 3.73. The molecule has 2 heterocycles. The summed E-state index contributed by atoms with van der Waals surface area (Å²) >= 11 is 1.26. The van der Waals surface area contributed by atoms with Gasteiger partial charge in [-0.05, 0) is 26.0 Å². The average molecular weight is 367 g/mol. The molecule has 0 aliphatic carbocycles. The minimum Gasteiger partial charge on any atom is -0.480 e. The molecule has 0 aliphatic rings. The second kappa shape index (κ2) is 8.07. The highest BCUT2D eigenvalue weighted by atomic mass is 32.2. The van der Waals surface area contributed by atoms with E-state index in [0.717, 1.165) is 21.5 Å². The van der Waals surface area contributed by atoms with Gasteiger partial charge in [0.25, 0.3) is 0 Å². The van der Waals surface area contributed by atoms with Crippen LogP contribution in [0.15, 0.2) is 53.8 Å². The highest BCUT2D eigenvalue weighted by Crippen LogP contribution is 2.37. The zero-order valence-electron chi connectivity index (χ0n) is 15.2. The third-order valence-electron chi connectivity index (χ3n) is 3.73. The van der Waals surface area contributed by atoms with Gasteiger partial charge in [-0.1, -0.05) is 32.0 Å². The number of carboxylic acids is 1. The van der Waals surface area contributed by atoms with Crippen LogP contribution >= 0.6 is 11.8 Å². The highest BCUT2D eigenvalue weighted by molar-refractivity contribution is 8.01. The van der Waals surface area contributed by atoms with Crippen LogP contribution in [0.5, 0.6) is 0 Å². The number of nitrogens with zero attached hydrogens (tertiary/aromatic N) is 3. The number of carbonyl (C=O) groups is 1. The van der Waals surface area contributed by atoms with Crippen molar-refractivity contribution in [3.05, 3.63) is 54.5 Å². The first kappa shape index (κ1) is 19.5. The minimum atomic E-state index is -0.975. The van der Waals surface area contributed by atoms with Crippen LogP contribution in [0.2, 0.25) is 0 Å². The molecular formula is C20H21N3O2S. The van der Waals surface area contributed by atoms with Crippen LogP contribution in [0.25, 0.3) is 16.6 Å². The Bertz CT molecular complexity index is 971. The van der Waals surface area contributed by atoms with Gasteiger partial charge in [-0.3, -0.25) is 9.78 Å². The third-order valence-corrected chi connectivity index (χ3v) is 4.98. The molecule has 2 aromatic heterocycles. The number of para-hydroxylation sites is 1. The first-order chi connectivity index (χ1) is 12.4. The molecule has 6 heteroatoms. The fraction of sp³-hybridized carbons (Fsp3) is 0.250. The van der Waals surface area contributed by atoms with Crippen molar-refractivity contribution in [1.82, 2.24) is 9.55 Å². The van der Waals surface area contributed by atoms with Crippen molar-refractivity contribution in [3.63, 3.8) is 0 Å². The summed E-state index contributed by atoms with van der Waals surface area (Å²) in [5.41, 5.74) is 2.22. The van der Waals surface area contributed by atoms with Crippen LogP contribution in [-0.2, 0) is 4.79 Å². The van der Waals surface area contributed by atoms with Crippen molar-refractivity contribution in [2.24, 2.45) is 0 Å². The van der Waals surface area contributed by atoms with E-state index in [2.05, 4.69) is 11.1 Å². The van der Waals surface area contributed by atoms with Crippen LogP contribution in [0.4, 0.5) is 0 Å². The lowest BCUT2D eigenvalue weighted by Gasteiger charge is -2.20. The number of hydrogen-bond donors (Lipinski definition) is 1. The Morgan fingerprint density at radius 2 is 1.96 bits per heavy atom. The number of carboxylic acid groups (broad SMARTS) is 1. The number of nitriles is 1. The van der Waals surface area contributed by atoms with E-state index in [4.69, 9.17) is 0 Å². The van der Waals surface area contributed by atoms with Gasteiger partial charge in [0.1, 0.15) is 10.8 Å². The smallest absolute Gasteiger partial charge is 0.319 e. The number of aromatic nitrogens is 2. The van der Waals surface area contributed by atoms with E-state index in [9.17, 15) is 15.2 Å². The maximum Gasteiger partial charge on any atom is 0.319 e. The molecule has 0 radical (unpaired) electrons. The molecule has 1 N–H and O–H groups in total. The Balaban J connectivity index is 0.00000117. The number of thioether (sulfide) groups is 1. The number of benzene rings is 1. The highest BCUT2D eigenvalue weighted by Gasteiger charge is 2.29. The van der Waals surface area contributed by atoms with Gasteiger partial charge < -0.3 is 9.67 Å². The quantitative estimate of drug-likeness (QED) is 0.665. The van der Waals surface area contributed by atoms with E-state index < -0.39 is 10.7 Å². The molecule has 134 valence electrons. The molecule has 26 heavy (non-hydrogen) atoms. The molecule has 0 unspecified atom stereocenters. The monoisotopic (exact) mass is 367 g/mol. The number of hydrogen-bond acceptors (Lipinski definition) is 4. The molecule has 0 saturated heterocycles. The summed E-state index contributed by atoms with van der Waals surface area (Å²) in [6.07, 6.45) is 5.09. The maximum absolute atomic E-state index is 11.4. The van der Waals surface area contributed by atoms with Gasteiger partial charge in [-0.25, -0.2) is 0 Å². The van der Waals surface area contributed by atoms with Gasteiger partial charge in [0.15, 0.2) is 0 Å². The molecule has 0 aliphatic heterocycles. The molecule has 0 saturated carbocycles. The van der Waals surface area contributed by atoms with Gasteiger partial charge in [0, 0.05) is 22.7 Å². The first-order valence-corrected chi connectivity index (χ1v) is 9.12. The van der Waals surface area contributed by atoms with Crippen molar-refractivity contribution < 1.29 is 9.90 Å². The van der Waals surface area contributed by atoms with Crippen LogP contribution in [0.1, 0.15) is 33.3 Å². The Kier molecular flexibility index (Phi) is 6.06. The molecular weight excluding hydrogens is 346 g/mol. The van der Waals surface area contributed by atoms with E-state index in [0.29, 0.717) is 5.56 Å². The van der Waals surface area contributed by atoms with Gasteiger partial charge in [-0.2, -0.15) is 5.26 Å². The number of aliphatic carboxylic acids is 1. The van der Waals surface area contributed by atoms with Crippen LogP contribution in [0, 0.1) is 11.3 Å². The standard InChI is InChI=1S/C18H15N3O2S.C2H6/c1-18(2,17(22)23)24-16-7-8-20-10-15(16)21-11-12(9-19)13-5-3-4-6-14(13)21;1-2/h3-8,10-11H,1-2H3,(H,22,23);1-2H3. The van der Waals surface area contributed by atoms with Crippen molar-refractivity contribution in [3.8, 4) is 11.8 Å². The Hall–Kier alpha value is -2.78. The Morgan fingerprint density at radius 1 is 1.27 bits per heavy atom. The van der Waals surface area contributed by atoms with Crippen LogP contribution in [-0.4, -0.2) is 25.4 Å². The summed E-state index contributed by atoms with van der Waals surface area (Å²) in [5, 5.41) is 19.6. The molecule has 0 fully saturated rings. The largest absolute Gasteiger partial charge is 0.480 e. The van der Waals surface area contributed by atoms with Gasteiger partial charge in [-0.15, -0.1) is 11.8 Å². The summed E-state index contributed by atoms with van der Waals surface area (Å²) in [4.78, 5) is 16.4. The maximum atomic E-state index is 11.4. The van der Waals surface area contributed by atoms with Crippen molar-refractivity contribution in [2.45, 2.75) is 37.3 Å². The van der Waals surface area contributed by atoms with E-state index in [-0.39, 0.29) is 0 Å². The molecule has 0 spiro atoms. The lowest BCUT2D eigenvalue weighted by atomic mass is 10.2. The number of pyridine rings is 1. The summed E-state index contributed by atoms with van der Waals surface area (Å²) < 4.78 is 0.915. The molecule has 5 nitrogen and oxygen atoms in total. The second-order valence-corrected chi connectivity index (χ2v) is 7.47. The van der Waals surface area contributed by atoms with Gasteiger partial charge in [0.2, 0.25) is 0 Å². The zero-order chi connectivity index (χ0) is 19.3. The normalized spacial score (nSPS) is 10.7. The Morgan fingerprint density at radius 3 is 2.62 bits per heavy atom. The number of fused-ring (bicyclic) bond motifs is 1. The molecule has 0 amide bonds. The molecule has 1 aromatic carbocycles. The predicted molar refractivity (Wildman–Crippen MR) is 105 cm³/mol.